The second-order valence-corrected chi connectivity index (χ2v) is 2.37. The van der Waals surface area contributed by atoms with E-state index in [1.807, 2.05) is 6.92 Å². The van der Waals surface area contributed by atoms with Crippen molar-refractivity contribution in [1.29, 1.82) is 0 Å². The molecular formula is C5H8ClNO. The van der Waals surface area contributed by atoms with Crippen LogP contribution in [0.3, 0.4) is 0 Å². The van der Waals surface area contributed by atoms with Crippen LogP contribution in [0.4, 0.5) is 0 Å². The Morgan fingerprint density at radius 3 is 2.62 bits per heavy atom. The lowest BCUT2D eigenvalue weighted by Crippen LogP contribution is -2.27. The molecule has 0 aromatic heterocycles. The van der Waals surface area contributed by atoms with Crippen molar-refractivity contribution in [3.8, 4) is 0 Å². The second kappa shape index (κ2) is 1.96. The van der Waals surface area contributed by atoms with Crippen LogP contribution in [0.25, 0.3) is 0 Å². The number of aliphatic hydroxyl groups excluding tert-OH is 1. The van der Waals surface area contributed by atoms with Crippen molar-refractivity contribution in [3.63, 3.8) is 0 Å². The van der Waals surface area contributed by atoms with E-state index in [2.05, 4.69) is 5.32 Å². The van der Waals surface area contributed by atoms with E-state index in [-0.39, 0.29) is 6.04 Å². The minimum Gasteiger partial charge on any atom is -0.385 e. The van der Waals surface area contributed by atoms with Crippen LogP contribution in [0.1, 0.15) is 6.92 Å². The molecule has 1 heterocycles. The van der Waals surface area contributed by atoms with Gasteiger partial charge in [0.15, 0.2) is 0 Å². The van der Waals surface area contributed by atoms with Gasteiger partial charge in [0.1, 0.15) is 6.10 Å². The summed E-state index contributed by atoms with van der Waals surface area (Å²) in [6.07, 6.45) is 1.12. The lowest BCUT2D eigenvalue weighted by Gasteiger charge is -2.07. The molecule has 8 heavy (non-hydrogen) atoms. The zero-order valence-corrected chi connectivity index (χ0v) is 5.31. The van der Waals surface area contributed by atoms with E-state index >= 15 is 0 Å². The molecule has 2 N–H and O–H groups in total. The number of hydrogen-bond donors (Lipinski definition) is 2. The zero-order chi connectivity index (χ0) is 6.15. The van der Waals surface area contributed by atoms with Crippen molar-refractivity contribution in [2.45, 2.75) is 19.1 Å². The quantitative estimate of drug-likeness (QED) is 0.502. The normalized spacial score (nSPS) is 36.6. The third-order valence-corrected chi connectivity index (χ3v) is 1.57. The first-order chi connectivity index (χ1) is 3.72. The van der Waals surface area contributed by atoms with E-state index in [9.17, 15) is 0 Å². The molecule has 3 heteroatoms. The second-order valence-electron chi connectivity index (χ2n) is 1.93. The summed E-state index contributed by atoms with van der Waals surface area (Å²) in [5, 5.41) is 12.4. The van der Waals surface area contributed by atoms with Crippen LogP contribution in [0.2, 0.25) is 0 Å². The molecule has 0 aromatic rings. The van der Waals surface area contributed by atoms with E-state index in [1.54, 1.807) is 6.20 Å². The highest BCUT2D eigenvalue weighted by Gasteiger charge is 2.21. The van der Waals surface area contributed by atoms with Crippen molar-refractivity contribution < 1.29 is 5.11 Å². The summed E-state index contributed by atoms with van der Waals surface area (Å²) < 4.78 is 0. The number of rotatable bonds is 0. The van der Waals surface area contributed by atoms with Crippen LogP contribution in [0, 0.1) is 0 Å². The summed E-state index contributed by atoms with van der Waals surface area (Å²) in [4.78, 5) is 0. The van der Waals surface area contributed by atoms with Crippen LogP contribution in [0.5, 0.6) is 0 Å². The third kappa shape index (κ3) is 0.812. The highest BCUT2D eigenvalue weighted by atomic mass is 35.5. The summed E-state index contributed by atoms with van der Waals surface area (Å²) in [7, 11) is 0. The number of halogens is 1. The Balaban J connectivity index is 2.59. The van der Waals surface area contributed by atoms with Gasteiger partial charge >= 0.3 is 0 Å². The highest BCUT2D eigenvalue weighted by molar-refractivity contribution is 6.30. The monoisotopic (exact) mass is 133 g/mol. The summed E-state index contributed by atoms with van der Waals surface area (Å²) >= 11 is 5.51. The van der Waals surface area contributed by atoms with Crippen molar-refractivity contribution in [2.24, 2.45) is 0 Å². The third-order valence-electron chi connectivity index (χ3n) is 1.24. The molecule has 0 amide bonds. The van der Waals surface area contributed by atoms with Gasteiger partial charge in [-0.1, -0.05) is 11.6 Å². The molecule has 0 bridgehead atoms. The first-order valence-electron chi connectivity index (χ1n) is 2.51. The molecule has 0 fully saturated rings. The highest BCUT2D eigenvalue weighted by Crippen LogP contribution is 2.15. The van der Waals surface area contributed by atoms with E-state index in [4.69, 9.17) is 16.7 Å². The maximum Gasteiger partial charge on any atom is 0.111 e. The fraction of sp³-hybridized carbons (Fsp3) is 0.600. The van der Waals surface area contributed by atoms with Gasteiger partial charge in [-0.05, 0) is 6.92 Å². The van der Waals surface area contributed by atoms with Gasteiger partial charge in [-0.3, -0.25) is 0 Å². The average molecular weight is 134 g/mol. The minimum absolute atomic E-state index is 0.0718. The van der Waals surface area contributed by atoms with E-state index < -0.39 is 6.10 Å². The molecule has 0 spiro atoms. The number of hydrogen-bond acceptors (Lipinski definition) is 2. The van der Waals surface area contributed by atoms with Crippen LogP contribution in [-0.2, 0) is 0 Å². The van der Waals surface area contributed by atoms with Gasteiger partial charge in [0.2, 0.25) is 0 Å². The molecule has 1 rings (SSSR count). The summed E-state index contributed by atoms with van der Waals surface area (Å²) in [6, 6.07) is 0.0718. The molecule has 2 nitrogen and oxygen atoms in total. The molecule has 0 aliphatic carbocycles. The van der Waals surface area contributed by atoms with Crippen LogP contribution < -0.4 is 5.32 Å². The Bertz CT molecular complexity index is 124. The minimum atomic E-state index is -0.503. The lowest BCUT2D eigenvalue weighted by atomic mass is 10.2. The fourth-order valence-electron chi connectivity index (χ4n) is 0.626. The van der Waals surface area contributed by atoms with E-state index in [1.165, 1.54) is 0 Å². The maximum atomic E-state index is 9.00. The molecule has 1 aliphatic rings. The molecule has 46 valence electrons. The van der Waals surface area contributed by atoms with Crippen molar-refractivity contribution in [3.05, 3.63) is 11.2 Å². The van der Waals surface area contributed by atoms with E-state index in [0.717, 1.165) is 0 Å². The van der Waals surface area contributed by atoms with Gasteiger partial charge < -0.3 is 10.4 Å². The van der Waals surface area contributed by atoms with Gasteiger partial charge in [0.05, 0.1) is 11.1 Å². The number of nitrogens with one attached hydrogen (secondary N) is 1. The molecule has 0 radical (unpaired) electrons. The first kappa shape index (κ1) is 5.92. The smallest absolute Gasteiger partial charge is 0.111 e. The predicted octanol–water partition coefficient (Wildman–Crippen LogP) is 0.419. The van der Waals surface area contributed by atoms with Crippen molar-refractivity contribution in [2.75, 3.05) is 0 Å². The predicted molar refractivity (Wildman–Crippen MR) is 32.5 cm³/mol. The van der Waals surface area contributed by atoms with Crippen molar-refractivity contribution >= 4 is 11.6 Å². The Labute approximate surface area is 53.2 Å². The summed E-state index contributed by atoms with van der Waals surface area (Å²) in [5.41, 5.74) is 0. The molecular weight excluding hydrogens is 126 g/mol. The van der Waals surface area contributed by atoms with E-state index in [0.29, 0.717) is 5.03 Å². The molecule has 2 atom stereocenters. The lowest BCUT2D eigenvalue weighted by molar-refractivity contribution is 0.195. The van der Waals surface area contributed by atoms with Gasteiger partial charge in [0.25, 0.3) is 0 Å². The number of aliphatic hydroxyl groups is 1. The molecule has 0 saturated heterocycles. The van der Waals surface area contributed by atoms with Crippen LogP contribution >= 0.6 is 11.6 Å². The van der Waals surface area contributed by atoms with Crippen LogP contribution in [-0.4, -0.2) is 17.3 Å². The zero-order valence-electron chi connectivity index (χ0n) is 4.56. The molecule has 0 saturated carbocycles. The SMILES string of the molecule is CC1NC=C(Cl)C1O. The van der Waals surface area contributed by atoms with Gasteiger partial charge in [-0.25, -0.2) is 0 Å². The standard InChI is InChI=1S/C5H8ClNO/c1-3-5(8)4(6)2-7-3/h2-3,5,7-8H,1H3. The summed E-state index contributed by atoms with van der Waals surface area (Å²) in [5.74, 6) is 0. The van der Waals surface area contributed by atoms with Crippen LogP contribution in [0.15, 0.2) is 11.2 Å². The van der Waals surface area contributed by atoms with Crippen molar-refractivity contribution in [1.82, 2.24) is 5.32 Å². The Morgan fingerprint density at radius 2 is 2.50 bits per heavy atom. The van der Waals surface area contributed by atoms with Gasteiger partial charge in [-0.15, -0.1) is 0 Å². The van der Waals surface area contributed by atoms with Gasteiger partial charge in [-0.2, -0.15) is 0 Å². The Hall–Kier alpha value is -0.210. The molecule has 0 aromatic carbocycles. The van der Waals surface area contributed by atoms with Gasteiger partial charge in [0, 0.05) is 6.20 Å². The largest absolute Gasteiger partial charge is 0.385 e. The fourth-order valence-corrected chi connectivity index (χ4v) is 0.878. The molecule has 2 unspecified atom stereocenters. The Kier molecular flexibility index (Phi) is 1.45. The maximum absolute atomic E-state index is 9.00. The first-order valence-corrected chi connectivity index (χ1v) is 2.89. The topological polar surface area (TPSA) is 32.3 Å². The molecule has 1 aliphatic heterocycles. The Morgan fingerprint density at radius 1 is 1.88 bits per heavy atom. The summed E-state index contributed by atoms with van der Waals surface area (Å²) in [6.45, 7) is 1.87. The average Bonchev–Trinajstić information content (AvgIpc) is 1.98.